The third kappa shape index (κ3) is 3.28. The molecule has 1 N–H and O–H groups in total. The first-order valence-corrected chi connectivity index (χ1v) is 6.72. The molecule has 0 aliphatic heterocycles. The summed E-state index contributed by atoms with van der Waals surface area (Å²) >= 11 is 0. The Kier molecular flexibility index (Phi) is 4.44. The molecule has 0 spiro atoms. The molecule has 1 aromatic heterocycles. The van der Waals surface area contributed by atoms with Crippen LogP contribution in [0.15, 0.2) is 30.6 Å². The normalized spacial score (nSPS) is 10.9. The van der Waals surface area contributed by atoms with Gasteiger partial charge in [-0.3, -0.25) is 14.8 Å². The van der Waals surface area contributed by atoms with Gasteiger partial charge < -0.3 is 5.32 Å². The number of nitrogens with one attached hydrogen (secondary N) is 1. The van der Waals surface area contributed by atoms with Gasteiger partial charge in [0.25, 0.3) is 0 Å². The van der Waals surface area contributed by atoms with Crippen molar-refractivity contribution in [3.05, 3.63) is 36.2 Å². The fourth-order valence-corrected chi connectivity index (χ4v) is 2.11. The van der Waals surface area contributed by atoms with Crippen molar-refractivity contribution in [3.8, 4) is 0 Å². The Morgan fingerprint density at radius 3 is 2.53 bits per heavy atom. The predicted molar refractivity (Wildman–Crippen MR) is 75.5 cm³/mol. The van der Waals surface area contributed by atoms with Crippen LogP contribution >= 0.6 is 0 Å². The minimum atomic E-state index is 0.111. The average Bonchev–Trinajstić information content (AvgIpc) is 2.46. The van der Waals surface area contributed by atoms with Crippen LogP contribution in [-0.4, -0.2) is 15.9 Å². The summed E-state index contributed by atoms with van der Waals surface area (Å²) < 4.78 is 0. The monoisotopic (exact) mass is 257 g/mol. The van der Waals surface area contributed by atoms with Crippen LogP contribution in [0, 0.1) is 5.92 Å². The van der Waals surface area contributed by atoms with E-state index < -0.39 is 0 Å². The molecule has 19 heavy (non-hydrogen) atoms. The van der Waals surface area contributed by atoms with Crippen molar-refractivity contribution < 1.29 is 4.79 Å². The van der Waals surface area contributed by atoms with Gasteiger partial charge in [0, 0.05) is 24.9 Å². The van der Waals surface area contributed by atoms with E-state index in [4.69, 9.17) is 0 Å². The molecular formula is C15H19N3O. The van der Waals surface area contributed by atoms with Crippen LogP contribution in [0.2, 0.25) is 0 Å². The summed E-state index contributed by atoms with van der Waals surface area (Å²) in [5, 5.41) is 2.98. The van der Waals surface area contributed by atoms with Crippen LogP contribution in [0.1, 0.15) is 32.3 Å². The molecule has 0 radical (unpaired) electrons. The van der Waals surface area contributed by atoms with Gasteiger partial charge in [0.2, 0.25) is 5.91 Å². The van der Waals surface area contributed by atoms with Crippen molar-refractivity contribution in [1.29, 1.82) is 0 Å². The first-order chi connectivity index (χ1) is 9.24. The zero-order valence-corrected chi connectivity index (χ0v) is 11.4. The number of benzene rings is 1. The Hall–Kier alpha value is -1.97. The van der Waals surface area contributed by atoms with Crippen LogP contribution in [0.5, 0.6) is 0 Å². The second kappa shape index (κ2) is 6.27. The first kappa shape index (κ1) is 13.5. The molecular weight excluding hydrogens is 238 g/mol. The number of hydrogen-bond donors (Lipinski definition) is 1. The van der Waals surface area contributed by atoms with E-state index in [0.29, 0.717) is 6.54 Å². The second-order valence-electron chi connectivity index (χ2n) is 4.61. The van der Waals surface area contributed by atoms with E-state index in [-0.39, 0.29) is 11.8 Å². The molecule has 1 amide bonds. The van der Waals surface area contributed by atoms with E-state index >= 15 is 0 Å². The molecule has 1 aromatic carbocycles. The fraction of sp³-hybridized carbons (Fsp3) is 0.400. The van der Waals surface area contributed by atoms with Gasteiger partial charge in [-0.15, -0.1) is 0 Å². The largest absolute Gasteiger partial charge is 0.352 e. The first-order valence-electron chi connectivity index (χ1n) is 6.72. The maximum Gasteiger partial charge on any atom is 0.223 e. The summed E-state index contributed by atoms with van der Waals surface area (Å²) in [7, 11) is 0. The second-order valence-corrected chi connectivity index (χ2v) is 4.61. The topological polar surface area (TPSA) is 54.9 Å². The van der Waals surface area contributed by atoms with Crippen LogP contribution in [0.4, 0.5) is 0 Å². The lowest BCUT2D eigenvalue weighted by Gasteiger charge is -2.12. The summed E-state index contributed by atoms with van der Waals surface area (Å²) in [6, 6.07) is 5.88. The average molecular weight is 257 g/mol. The molecule has 1 heterocycles. The summed E-state index contributed by atoms with van der Waals surface area (Å²) in [5.74, 6) is 0.240. The fourth-order valence-electron chi connectivity index (χ4n) is 2.11. The SMILES string of the molecule is CCC(CC)C(=O)NCc1ccc2nccnc2c1. The third-order valence-corrected chi connectivity index (χ3v) is 3.36. The quantitative estimate of drug-likeness (QED) is 0.896. The number of aromatic nitrogens is 2. The van der Waals surface area contributed by atoms with E-state index in [2.05, 4.69) is 15.3 Å². The van der Waals surface area contributed by atoms with Gasteiger partial charge in [-0.1, -0.05) is 19.9 Å². The maximum atomic E-state index is 11.9. The smallest absolute Gasteiger partial charge is 0.223 e. The van der Waals surface area contributed by atoms with E-state index in [9.17, 15) is 4.79 Å². The van der Waals surface area contributed by atoms with Gasteiger partial charge in [-0.25, -0.2) is 0 Å². The highest BCUT2D eigenvalue weighted by atomic mass is 16.1. The Morgan fingerprint density at radius 1 is 1.16 bits per heavy atom. The van der Waals surface area contributed by atoms with Crippen LogP contribution in [0.3, 0.4) is 0 Å². The van der Waals surface area contributed by atoms with E-state index in [1.165, 1.54) is 0 Å². The zero-order chi connectivity index (χ0) is 13.7. The van der Waals surface area contributed by atoms with Crippen molar-refractivity contribution in [1.82, 2.24) is 15.3 Å². The summed E-state index contributed by atoms with van der Waals surface area (Å²) in [5.41, 5.74) is 2.78. The van der Waals surface area contributed by atoms with Gasteiger partial charge in [0.1, 0.15) is 0 Å². The molecule has 0 saturated carbocycles. The van der Waals surface area contributed by atoms with Gasteiger partial charge in [-0.05, 0) is 30.5 Å². The van der Waals surface area contributed by atoms with Crippen molar-refractivity contribution in [3.63, 3.8) is 0 Å². The third-order valence-electron chi connectivity index (χ3n) is 3.36. The minimum absolute atomic E-state index is 0.111. The summed E-state index contributed by atoms with van der Waals surface area (Å²) in [6.45, 7) is 4.63. The highest BCUT2D eigenvalue weighted by Crippen LogP contribution is 2.12. The number of nitrogens with zero attached hydrogens (tertiary/aromatic N) is 2. The summed E-state index contributed by atoms with van der Waals surface area (Å²) in [4.78, 5) is 20.4. The van der Waals surface area contributed by atoms with E-state index in [1.54, 1.807) is 12.4 Å². The van der Waals surface area contributed by atoms with E-state index in [0.717, 1.165) is 29.4 Å². The number of rotatable bonds is 5. The zero-order valence-electron chi connectivity index (χ0n) is 11.4. The highest BCUT2D eigenvalue weighted by Gasteiger charge is 2.13. The highest BCUT2D eigenvalue weighted by molar-refractivity contribution is 5.79. The molecule has 0 fully saturated rings. The Balaban J connectivity index is 2.03. The van der Waals surface area contributed by atoms with Crippen molar-refractivity contribution in [2.75, 3.05) is 0 Å². The van der Waals surface area contributed by atoms with E-state index in [1.807, 2.05) is 32.0 Å². The summed E-state index contributed by atoms with van der Waals surface area (Å²) in [6.07, 6.45) is 5.11. The number of carbonyl (C=O) groups is 1. The molecule has 0 aliphatic carbocycles. The van der Waals surface area contributed by atoms with Gasteiger partial charge in [0.15, 0.2) is 0 Å². The number of fused-ring (bicyclic) bond motifs is 1. The molecule has 0 unspecified atom stereocenters. The number of amides is 1. The Labute approximate surface area is 113 Å². The van der Waals surface area contributed by atoms with Crippen LogP contribution in [0.25, 0.3) is 11.0 Å². The van der Waals surface area contributed by atoms with Crippen LogP contribution < -0.4 is 5.32 Å². The molecule has 0 atom stereocenters. The Morgan fingerprint density at radius 2 is 1.84 bits per heavy atom. The Bertz CT molecular complexity index is 564. The number of carbonyl (C=O) groups excluding carboxylic acids is 1. The van der Waals surface area contributed by atoms with Crippen molar-refractivity contribution >= 4 is 16.9 Å². The van der Waals surface area contributed by atoms with Gasteiger partial charge >= 0.3 is 0 Å². The van der Waals surface area contributed by atoms with Crippen molar-refractivity contribution in [2.24, 2.45) is 5.92 Å². The molecule has 2 aromatic rings. The van der Waals surface area contributed by atoms with Crippen molar-refractivity contribution in [2.45, 2.75) is 33.2 Å². The molecule has 0 aliphatic rings. The lowest BCUT2D eigenvalue weighted by molar-refractivity contribution is -0.125. The molecule has 100 valence electrons. The molecule has 4 heteroatoms. The standard InChI is InChI=1S/C15H19N3O/c1-3-12(4-2)15(19)18-10-11-5-6-13-14(9-11)17-8-7-16-13/h5-9,12H,3-4,10H2,1-2H3,(H,18,19). The lowest BCUT2D eigenvalue weighted by Crippen LogP contribution is -2.29. The number of hydrogen-bond acceptors (Lipinski definition) is 3. The molecule has 2 rings (SSSR count). The molecule has 0 saturated heterocycles. The van der Waals surface area contributed by atoms with Gasteiger partial charge in [0.05, 0.1) is 11.0 Å². The predicted octanol–water partition coefficient (Wildman–Crippen LogP) is 2.68. The molecule has 4 nitrogen and oxygen atoms in total. The van der Waals surface area contributed by atoms with Gasteiger partial charge in [-0.2, -0.15) is 0 Å². The van der Waals surface area contributed by atoms with Crippen LogP contribution in [-0.2, 0) is 11.3 Å². The maximum absolute atomic E-state index is 11.9. The lowest BCUT2D eigenvalue weighted by atomic mass is 10.0. The minimum Gasteiger partial charge on any atom is -0.352 e. The molecule has 0 bridgehead atoms.